The van der Waals surface area contributed by atoms with Crippen molar-refractivity contribution in [3.05, 3.63) is 235 Å². The highest BCUT2D eigenvalue weighted by molar-refractivity contribution is 5.96. The first kappa shape index (κ1) is 36.8. The minimum absolute atomic E-state index is 0.138. The summed E-state index contributed by atoms with van der Waals surface area (Å²) in [5.41, 5.74) is 23.5. The molecular formula is C60H47N. The van der Waals surface area contributed by atoms with Crippen molar-refractivity contribution >= 4 is 17.1 Å². The molecule has 0 heterocycles. The highest BCUT2D eigenvalue weighted by Crippen LogP contribution is 2.55. The molecule has 0 saturated heterocycles. The summed E-state index contributed by atoms with van der Waals surface area (Å²) in [6, 6.07) is 78.6. The van der Waals surface area contributed by atoms with Crippen LogP contribution in [0, 0.1) is 0 Å². The van der Waals surface area contributed by atoms with E-state index in [1.807, 2.05) is 0 Å². The lowest BCUT2D eigenvalue weighted by molar-refractivity contribution is 0.660. The molecule has 2 aliphatic rings. The van der Waals surface area contributed by atoms with Crippen LogP contribution in [-0.2, 0) is 10.8 Å². The quantitative estimate of drug-likeness (QED) is 0.156. The molecule has 1 heteroatoms. The second-order valence-electron chi connectivity index (χ2n) is 17.7. The number of hydrogen-bond donors (Lipinski definition) is 0. The summed E-state index contributed by atoms with van der Waals surface area (Å²) < 4.78 is 0. The molecule has 11 rings (SSSR count). The molecule has 0 saturated carbocycles. The largest absolute Gasteiger partial charge is 0.310 e. The zero-order chi connectivity index (χ0) is 41.3. The Morgan fingerprint density at radius 2 is 0.656 bits per heavy atom. The fourth-order valence-corrected chi connectivity index (χ4v) is 10.3. The molecular weight excluding hydrogens is 735 g/mol. The summed E-state index contributed by atoms with van der Waals surface area (Å²) in [5, 5.41) is 0. The van der Waals surface area contributed by atoms with Crippen molar-refractivity contribution in [2.45, 2.75) is 38.5 Å². The number of anilines is 3. The molecule has 9 aromatic carbocycles. The van der Waals surface area contributed by atoms with E-state index in [2.05, 4.69) is 245 Å². The summed E-state index contributed by atoms with van der Waals surface area (Å²) in [4.78, 5) is 2.52. The minimum Gasteiger partial charge on any atom is -0.310 e. The van der Waals surface area contributed by atoms with E-state index in [9.17, 15) is 0 Å². The van der Waals surface area contributed by atoms with Crippen molar-refractivity contribution in [3.63, 3.8) is 0 Å². The number of benzene rings is 9. The zero-order valence-corrected chi connectivity index (χ0v) is 35.2. The maximum atomic E-state index is 2.52. The number of hydrogen-bond acceptors (Lipinski definition) is 1. The molecule has 0 N–H and O–H groups in total. The number of fused-ring (bicyclic) bond motifs is 6. The van der Waals surface area contributed by atoms with Gasteiger partial charge < -0.3 is 4.90 Å². The smallest absolute Gasteiger partial charge is 0.0543 e. The van der Waals surface area contributed by atoms with Crippen LogP contribution in [0.15, 0.2) is 212 Å². The lowest BCUT2D eigenvalue weighted by Gasteiger charge is -2.32. The normalized spacial score (nSPS) is 13.8. The average Bonchev–Trinajstić information content (AvgIpc) is 3.68. The first-order valence-corrected chi connectivity index (χ1v) is 21.5. The fourth-order valence-electron chi connectivity index (χ4n) is 10.3. The number of nitrogens with zero attached hydrogens (tertiary/aromatic N) is 1. The lowest BCUT2D eigenvalue weighted by Crippen LogP contribution is -2.18. The Morgan fingerprint density at radius 1 is 0.262 bits per heavy atom. The van der Waals surface area contributed by atoms with Gasteiger partial charge in [-0.15, -0.1) is 0 Å². The maximum absolute atomic E-state index is 2.52. The average molecular weight is 782 g/mol. The molecule has 0 aliphatic heterocycles. The molecule has 0 atom stereocenters. The van der Waals surface area contributed by atoms with Crippen molar-refractivity contribution in [1.82, 2.24) is 0 Å². The van der Waals surface area contributed by atoms with Gasteiger partial charge in [-0.25, -0.2) is 0 Å². The van der Waals surface area contributed by atoms with E-state index >= 15 is 0 Å². The highest BCUT2D eigenvalue weighted by atomic mass is 15.1. The van der Waals surface area contributed by atoms with Crippen molar-refractivity contribution < 1.29 is 0 Å². The monoisotopic (exact) mass is 781 g/mol. The Kier molecular flexibility index (Phi) is 8.58. The van der Waals surface area contributed by atoms with Crippen LogP contribution in [0.5, 0.6) is 0 Å². The summed E-state index contributed by atoms with van der Waals surface area (Å²) in [7, 11) is 0. The molecule has 0 bridgehead atoms. The van der Waals surface area contributed by atoms with Crippen LogP contribution in [0.3, 0.4) is 0 Å². The molecule has 0 amide bonds. The van der Waals surface area contributed by atoms with Crippen LogP contribution in [0.4, 0.5) is 17.1 Å². The van der Waals surface area contributed by atoms with E-state index in [1.165, 1.54) is 89.0 Å². The first-order valence-electron chi connectivity index (χ1n) is 21.5. The van der Waals surface area contributed by atoms with Gasteiger partial charge in [0.25, 0.3) is 0 Å². The summed E-state index contributed by atoms with van der Waals surface area (Å²) >= 11 is 0. The van der Waals surface area contributed by atoms with E-state index in [0.717, 1.165) is 17.1 Å². The van der Waals surface area contributed by atoms with E-state index in [1.54, 1.807) is 0 Å². The predicted octanol–water partition coefficient (Wildman–Crippen LogP) is 16.4. The standard InChI is InChI=1S/C60H47N/c1-59(2)54-25-15-13-23-49(54)51-36-35-46(37-56(51)59)61(45-33-31-41(32-34-45)40-17-7-5-8-18-40)58-39-57-53(50-24-14-16-26-55(50)60(57,3)4)38-52(58)44-29-27-43(28-30-44)48-22-12-11-21-47(48)42-19-9-6-10-20-42/h5-39H,1-4H3. The zero-order valence-electron chi connectivity index (χ0n) is 35.2. The van der Waals surface area contributed by atoms with Gasteiger partial charge in [0.05, 0.1) is 5.69 Å². The SMILES string of the molecule is CC1(C)c2ccccc2-c2ccc(N(c3ccc(-c4ccccc4)cc3)c3cc4c(cc3-c3ccc(-c5ccccc5-c5ccccc5)cc3)-c3ccccc3C4(C)C)cc21. The van der Waals surface area contributed by atoms with Gasteiger partial charge in [-0.3, -0.25) is 0 Å². The van der Waals surface area contributed by atoms with Gasteiger partial charge in [0, 0.05) is 27.8 Å². The maximum Gasteiger partial charge on any atom is 0.0543 e. The molecule has 0 spiro atoms. The Labute approximate surface area is 360 Å². The molecule has 0 unspecified atom stereocenters. The number of rotatable bonds is 7. The third-order valence-electron chi connectivity index (χ3n) is 13.5. The highest BCUT2D eigenvalue weighted by Gasteiger charge is 2.38. The Balaban J connectivity index is 1.13. The minimum atomic E-state index is -0.172. The molecule has 292 valence electrons. The Bertz CT molecular complexity index is 3100. The molecule has 0 radical (unpaired) electrons. The lowest BCUT2D eigenvalue weighted by atomic mass is 9.81. The Hall–Kier alpha value is -7.22. The first-order chi connectivity index (χ1) is 29.8. The summed E-state index contributed by atoms with van der Waals surface area (Å²) in [6.45, 7) is 9.51. The summed E-state index contributed by atoms with van der Waals surface area (Å²) in [6.07, 6.45) is 0. The van der Waals surface area contributed by atoms with E-state index in [0.29, 0.717) is 0 Å². The third-order valence-corrected chi connectivity index (χ3v) is 13.5. The predicted molar refractivity (Wildman–Crippen MR) is 258 cm³/mol. The van der Waals surface area contributed by atoms with Crippen LogP contribution < -0.4 is 4.90 Å². The molecule has 0 fully saturated rings. The van der Waals surface area contributed by atoms with Crippen LogP contribution >= 0.6 is 0 Å². The van der Waals surface area contributed by atoms with Crippen molar-refractivity contribution in [2.24, 2.45) is 0 Å². The second-order valence-corrected chi connectivity index (χ2v) is 17.7. The second kappa shape index (κ2) is 14.2. The van der Waals surface area contributed by atoms with Gasteiger partial charge in [0.2, 0.25) is 0 Å². The molecule has 61 heavy (non-hydrogen) atoms. The van der Waals surface area contributed by atoms with Gasteiger partial charge in [0.15, 0.2) is 0 Å². The topological polar surface area (TPSA) is 3.24 Å². The molecule has 0 aromatic heterocycles. The van der Waals surface area contributed by atoms with Crippen molar-refractivity contribution in [2.75, 3.05) is 4.90 Å². The summed E-state index contributed by atoms with van der Waals surface area (Å²) in [5.74, 6) is 0. The van der Waals surface area contributed by atoms with Crippen LogP contribution in [0.25, 0.3) is 66.8 Å². The fraction of sp³-hybridized carbons (Fsp3) is 0.100. The van der Waals surface area contributed by atoms with Crippen LogP contribution in [-0.4, -0.2) is 0 Å². The molecule has 9 aromatic rings. The molecule has 2 aliphatic carbocycles. The third kappa shape index (κ3) is 5.99. The Morgan fingerprint density at radius 3 is 1.25 bits per heavy atom. The van der Waals surface area contributed by atoms with E-state index in [4.69, 9.17) is 0 Å². The van der Waals surface area contributed by atoms with Crippen LogP contribution in [0.1, 0.15) is 49.9 Å². The van der Waals surface area contributed by atoms with Crippen molar-refractivity contribution in [1.29, 1.82) is 0 Å². The van der Waals surface area contributed by atoms with Crippen molar-refractivity contribution in [3.8, 4) is 66.8 Å². The van der Waals surface area contributed by atoms with Crippen LogP contribution in [0.2, 0.25) is 0 Å². The van der Waals surface area contributed by atoms with Gasteiger partial charge in [-0.05, 0) is 120 Å². The molecule has 1 nitrogen and oxygen atoms in total. The van der Waals surface area contributed by atoms with Gasteiger partial charge in [-0.1, -0.05) is 204 Å². The van der Waals surface area contributed by atoms with Gasteiger partial charge in [-0.2, -0.15) is 0 Å². The van der Waals surface area contributed by atoms with E-state index < -0.39 is 0 Å². The van der Waals surface area contributed by atoms with E-state index in [-0.39, 0.29) is 10.8 Å². The van der Waals surface area contributed by atoms with Gasteiger partial charge in [0.1, 0.15) is 0 Å². The van der Waals surface area contributed by atoms with Gasteiger partial charge >= 0.3 is 0 Å².